The Bertz CT molecular complexity index is 701. The fourth-order valence-corrected chi connectivity index (χ4v) is 3.73. The zero-order valence-corrected chi connectivity index (χ0v) is 13.2. The monoisotopic (exact) mass is 307 g/mol. The Hall–Kier alpha value is -2.20. The highest BCUT2D eigenvalue weighted by Crippen LogP contribution is 2.25. The van der Waals surface area contributed by atoms with Gasteiger partial charge in [-0.1, -0.05) is 24.3 Å². The first-order valence-corrected chi connectivity index (χ1v) is 8.31. The van der Waals surface area contributed by atoms with Crippen LogP contribution in [0.15, 0.2) is 48.8 Å². The van der Waals surface area contributed by atoms with Gasteiger partial charge < -0.3 is 4.90 Å². The third-order valence-corrected chi connectivity index (χ3v) is 5.04. The van der Waals surface area contributed by atoms with E-state index in [9.17, 15) is 4.79 Å². The number of carbonyl (C=O) groups excluding carboxylic acids is 1. The fourth-order valence-electron chi connectivity index (χ4n) is 3.73. The molecule has 2 aliphatic heterocycles. The second kappa shape index (κ2) is 6.13. The molecular weight excluding hydrogens is 286 g/mol. The third-order valence-electron chi connectivity index (χ3n) is 5.04. The van der Waals surface area contributed by atoms with Gasteiger partial charge in [0.05, 0.1) is 5.56 Å². The van der Waals surface area contributed by atoms with Crippen LogP contribution < -0.4 is 0 Å². The number of hydrogen-bond acceptors (Lipinski definition) is 3. The number of hydrogen-bond donors (Lipinski definition) is 0. The number of fused-ring (bicyclic) bond motifs is 1. The molecule has 0 bridgehead atoms. The largest absolute Gasteiger partial charge is 0.337 e. The van der Waals surface area contributed by atoms with E-state index in [1.165, 1.54) is 11.1 Å². The average molecular weight is 307 g/mol. The summed E-state index contributed by atoms with van der Waals surface area (Å²) in [6.45, 7) is 3.78. The van der Waals surface area contributed by atoms with Gasteiger partial charge in [0.1, 0.15) is 0 Å². The van der Waals surface area contributed by atoms with Gasteiger partial charge in [0, 0.05) is 44.6 Å². The fraction of sp³-hybridized carbons (Fsp3) is 0.368. The molecule has 118 valence electrons. The van der Waals surface area contributed by atoms with E-state index in [1.807, 2.05) is 17.0 Å². The van der Waals surface area contributed by atoms with E-state index >= 15 is 0 Å². The highest BCUT2D eigenvalue weighted by Gasteiger charge is 2.32. The Balaban J connectivity index is 1.42. The Morgan fingerprint density at radius 2 is 1.96 bits per heavy atom. The molecule has 1 atom stereocenters. The van der Waals surface area contributed by atoms with Crippen LogP contribution in [-0.4, -0.2) is 46.4 Å². The molecule has 0 radical (unpaired) electrons. The Morgan fingerprint density at radius 1 is 1.09 bits per heavy atom. The van der Waals surface area contributed by atoms with Crippen LogP contribution in [0.1, 0.15) is 27.9 Å². The van der Waals surface area contributed by atoms with Crippen LogP contribution in [0.25, 0.3) is 0 Å². The maximum Gasteiger partial charge on any atom is 0.255 e. The molecule has 2 aliphatic rings. The number of likely N-dealkylation sites (tertiary alicyclic amines) is 1. The van der Waals surface area contributed by atoms with Crippen molar-refractivity contribution in [3.8, 4) is 0 Å². The lowest BCUT2D eigenvalue weighted by atomic mass is 9.98. The zero-order chi connectivity index (χ0) is 15.6. The minimum Gasteiger partial charge on any atom is -0.337 e. The highest BCUT2D eigenvalue weighted by molar-refractivity contribution is 5.94. The van der Waals surface area contributed by atoms with Gasteiger partial charge in [-0.05, 0) is 36.1 Å². The van der Waals surface area contributed by atoms with Crippen molar-refractivity contribution in [3.05, 3.63) is 65.5 Å². The van der Waals surface area contributed by atoms with E-state index < -0.39 is 0 Å². The van der Waals surface area contributed by atoms with Gasteiger partial charge in [0.2, 0.25) is 0 Å². The predicted octanol–water partition coefficient (Wildman–Crippen LogP) is 2.35. The smallest absolute Gasteiger partial charge is 0.255 e. The van der Waals surface area contributed by atoms with Crippen molar-refractivity contribution in [1.82, 2.24) is 14.8 Å². The molecule has 1 fully saturated rings. The van der Waals surface area contributed by atoms with E-state index in [0.717, 1.165) is 39.0 Å². The second-order valence-electron chi connectivity index (χ2n) is 6.42. The summed E-state index contributed by atoms with van der Waals surface area (Å²) < 4.78 is 0. The molecule has 0 N–H and O–H groups in total. The van der Waals surface area contributed by atoms with Crippen molar-refractivity contribution in [1.29, 1.82) is 0 Å². The van der Waals surface area contributed by atoms with E-state index in [1.54, 1.807) is 12.4 Å². The molecule has 0 spiro atoms. The van der Waals surface area contributed by atoms with Gasteiger partial charge >= 0.3 is 0 Å². The Kier molecular flexibility index (Phi) is 3.83. The third kappa shape index (κ3) is 2.86. The Morgan fingerprint density at radius 3 is 2.78 bits per heavy atom. The van der Waals surface area contributed by atoms with Crippen molar-refractivity contribution < 1.29 is 4.79 Å². The summed E-state index contributed by atoms with van der Waals surface area (Å²) in [6.07, 6.45) is 5.54. The van der Waals surface area contributed by atoms with Crippen molar-refractivity contribution in [2.75, 3.05) is 19.6 Å². The molecule has 0 unspecified atom stereocenters. The van der Waals surface area contributed by atoms with Crippen molar-refractivity contribution in [3.63, 3.8) is 0 Å². The SMILES string of the molecule is O=C(c1cccnc1)N1CC[C@H](N2CCc3ccccc3C2)C1. The number of benzene rings is 1. The summed E-state index contributed by atoms with van der Waals surface area (Å²) in [5.41, 5.74) is 3.61. The summed E-state index contributed by atoms with van der Waals surface area (Å²) in [7, 11) is 0. The normalized spacial score (nSPS) is 21.2. The average Bonchev–Trinajstić information content (AvgIpc) is 3.11. The maximum atomic E-state index is 12.5. The van der Waals surface area contributed by atoms with Gasteiger partial charge in [-0.15, -0.1) is 0 Å². The predicted molar refractivity (Wildman–Crippen MR) is 89.1 cm³/mol. The van der Waals surface area contributed by atoms with Gasteiger partial charge in [-0.3, -0.25) is 14.7 Å². The molecular formula is C19H21N3O. The molecule has 1 amide bonds. The Labute approximate surface area is 136 Å². The maximum absolute atomic E-state index is 12.5. The summed E-state index contributed by atoms with van der Waals surface area (Å²) in [5.74, 6) is 0.109. The topological polar surface area (TPSA) is 36.4 Å². The van der Waals surface area contributed by atoms with E-state index in [4.69, 9.17) is 0 Å². The van der Waals surface area contributed by atoms with E-state index in [2.05, 4.69) is 34.1 Å². The first kappa shape index (κ1) is 14.4. The number of amides is 1. The highest BCUT2D eigenvalue weighted by atomic mass is 16.2. The molecule has 0 saturated carbocycles. The van der Waals surface area contributed by atoms with Crippen LogP contribution in [0, 0.1) is 0 Å². The van der Waals surface area contributed by atoms with Gasteiger partial charge in [-0.25, -0.2) is 0 Å². The van der Waals surface area contributed by atoms with Crippen LogP contribution >= 0.6 is 0 Å². The van der Waals surface area contributed by atoms with E-state index in [-0.39, 0.29) is 5.91 Å². The molecule has 23 heavy (non-hydrogen) atoms. The number of pyridine rings is 1. The summed E-state index contributed by atoms with van der Waals surface area (Å²) in [5, 5.41) is 0. The first-order chi connectivity index (χ1) is 11.3. The number of rotatable bonds is 2. The van der Waals surface area contributed by atoms with Crippen LogP contribution in [0.3, 0.4) is 0 Å². The van der Waals surface area contributed by atoms with Crippen LogP contribution in [0.5, 0.6) is 0 Å². The molecule has 1 saturated heterocycles. The lowest BCUT2D eigenvalue weighted by Gasteiger charge is -2.33. The van der Waals surface area contributed by atoms with Crippen molar-refractivity contribution >= 4 is 5.91 Å². The zero-order valence-electron chi connectivity index (χ0n) is 13.2. The number of nitrogens with zero attached hydrogens (tertiary/aromatic N) is 3. The minimum atomic E-state index is 0.109. The number of aromatic nitrogens is 1. The molecule has 3 heterocycles. The summed E-state index contributed by atoms with van der Waals surface area (Å²) >= 11 is 0. The molecule has 4 heteroatoms. The lowest BCUT2D eigenvalue weighted by molar-refractivity contribution is 0.0773. The lowest BCUT2D eigenvalue weighted by Crippen LogP contribution is -2.41. The van der Waals surface area contributed by atoms with Crippen molar-refractivity contribution in [2.24, 2.45) is 0 Å². The quantitative estimate of drug-likeness (QED) is 0.854. The van der Waals surface area contributed by atoms with E-state index in [0.29, 0.717) is 11.6 Å². The molecule has 2 aromatic rings. The standard InChI is InChI=1S/C19H21N3O/c23-19(16-6-3-9-20-12-16)22-11-8-18(14-22)21-10-7-15-4-1-2-5-17(15)13-21/h1-6,9,12,18H,7-8,10-11,13-14H2/t18-/m0/s1. The van der Waals surface area contributed by atoms with Crippen LogP contribution in [0.4, 0.5) is 0 Å². The first-order valence-electron chi connectivity index (χ1n) is 8.31. The second-order valence-corrected chi connectivity index (χ2v) is 6.42. The van der Waals surface area contributed by atoms with Crippen molar-refractivity contribution in [2.45, 2.75) is 25.4 Å². The summed E-state index contributed by atoms with van der Waals surface area (Å²) in [4.78, 5) is 21.1. The molecule has 4 nitrogen and oxygen atoms in total. The minimum absolute atomic E-state index is 0.109. The van der Waals surface area contributed by atoms with Gasteiger partial charge in [0.15, 0.2) is 0 Å². The molecule has 4 rings (SSSR count). The molecule has 0 aliphatic carbocycles. The van der Waals surface area contributed by atoms with Crippen LogP contribution in [0.2, 0.25) is 0 Å². The molecule has 1 aromatic carbocycles. The van der Waals surface area contributed by atoms with Gasteiger partial charge in [0.25, 0.3) is 5.91 Å². The number of carbonyl (C=O) groups is 1. The molecule has 1 aromatic heterocycles. The summed E-state index contributed by atoms with van der Waals surface area (Å²) in [6, 6.07) is 12.9. The van der Waals surface area contributed by atoms with Crippen LogP contribution in [-0.2, 0) is 13.0 Å². The van der Waals surface area contributed by atoms with Gasteiger partial charge in [-0.2, -0.15) is 0 Å².